The maximum atomic E-state index is 12.4. The molecular formula is C26H46N6O10. The van der Waals surface area contributed by atoms with Crippen molar-refractivity contribution in [2.75, 3.05) is 85.1 Å². The van der Waals surface area contributed by atoms with Gasteiger partial charge in [-0.15, -0.1) is 0 Å². The average molecular weight is 603 g/mol. The van der Waals surface area contributed by atoms with Crippen molar-refractivity contribution in [3.8, 4) is 0 Å². The first-order valence-electron chi connectivity index (χ1n) is 14.2. The van der Waals surface area contributed by atoms with Gasteiger partial charge in [0.2, 0.25) is 11.8 Å². The molecule has 1 fully saturated rings. The number of carboxylic acids is 4. The summed E-state index contributed by atoms with van der Waals surface area (Å²) in [4.78, 5) is 76.3. The lowest BCUT2D eigenvalue weighted by atomic mass is 10.1. The van der Waals surface area contributed by atoms with E-state index in [0.717, 1.165) is 12.8 Å². The Bertz CT molecular complexity index is 873. The van der Waals surface area contributed by atoms with Crippen LogP contribution in [-0.4, -0.2) is 167 Å². The molecule has 1 heterocycles. The van der Waals surface area contributed by atoms with Crippen LogP contribution >= 0.6 is 0 Å². The molecule has 0 radical (unpaired) electrons. The number of nitrogens with zero attached hydrogens (tertiary/aromatic N) is 4. The van der Waals surface area contributed by atoms with E-state index < -0.39 is 29.9 Å². The lowest BCUT2D eigenvalue weighted by molar-refractivity contribution is -0.145. The molecule has 2 amide bonds. The van der Waals surface area contributed by atoms with Crippen LogP contribution in [0.4, 0.5) is 0 Å². The van der Waals surface area contributed by atoms with Crippen LogP contribution in [0.2, 0.25) is 0 Å². The minimum atomic E-state index is -1.14. The summed E-state index contributed by atoms with van der Waals surface area (Å²) in [6.07, 6.45) is 2.26. The number of amides is 2. The average Bonchev–Trinajstić information content (AvgIpc) is 2.88. The molecular weight excluding hydrogens is 556 g/mol. The molecule has 0 aliphatic carbocycles. The molecule has 42 heavy (non-hydrogen) atoms. The van der Waals surface area contributed by atoms with Crippen LogP contribution < -0.4 is 10.6 Å². The number of aliphatic carboxylic acids is 4. The van der Waals surface area contributed by atoms with Crippen LogP contribution in [0.3, 0.4) is 0 Å². The largest absolute Gasteiger partial charge is 0.480 e. The van der Waals surface area contributed by atoms with Gasteiger partial charge in [0.1, 0.15) is 6.04 Å². The van der Waals surface area contributed by atoms with Gasteiger partial charge < -0.3 is 31.1 Å². The first-order chi connectivity index (χ1) is 19.9. The van der Waals surface area contributed by atoms with Crippen LogP contribution in [0, 0.1) is 0 Å². The summed E-state index contributed by atoms with van der Waals surface area (Å²) in [5.41, 5.74) is 0. The molecule has 0 aromatic heterocycles. The highest BCUT2D eigenvalue weighted by atomic mass is 16.4. The summed E-state index contributed by atoms with van der Waals surface area (Å²) < 4.78 is 0. The van der Waals surface area contributed by atoms with E-state index in [2.05, 4.69) is 10.6 Å². The lowest BCUT2D eigenvalue weighted by Crippen LogP contribution is -2.52. The fourth-order valence-electron chi connectivity index (χ4n) is 4.65. The smallest absolute Gasteiger partial charge is 0.320 e. The van der Waals surface area contributed by atoms with Gasteiger partial charge in [-0.25, -0.2) is 0 Å². The van der Waals surface area contributed by atoms with Crippen LogP contribution in [-0.2, 0) is 28.8 Å². The van der Waals surface area contributed by atoms with Gasteiger partial charge in [-0.2, -0.15) is 0 Å². The van der Waals surface area contributed by atoms with Gasteiger partial charge in [-0.1, -0.05) is 0 Å². The number of carboxylic acid groups (broad SMARTS) is 4. The van der Waals surface area contributed by atoms with E-state index in [0.29, 0.717) is 19.5 Å². The van der Waals surface area contributed by atoms with Gasteiger partial charge in [0.15, 0.2) is 0 Å². The Morgan fingerprint density at radius 2 is 1.02 bits per heavy atom. The molecule has 1 rings (SSSR count). The summed E-state index contributed by atoms with van der Waals surface area (Å²) in [6.45, 7) is 3.09. The van der Waals surface area contributed by atoms with Gasteiger partial charge in [-0.3, -0.25) is 48.4 Å². The van der Waals surface area contributed by atoms with Crippen molar-refractivity contribution in [2.45, 2.75) is 45.1 Å². The Morgan fingerprint density at radius 1 is 0.619 bits per heavy atom. The highest BCUT2D eigenvalue weighted by Crippen LogP contribution is 2.11. The maximum Gasteiger partial charge on any atom is 0.320 e. The lowest BCUT2D eigenvalue weighted by Gasteiger charge is -2.35. The van der Waals surface area contributed by atoms with Crippen molar-refractivity contribution < 1.29 is 49.2 Å². The van der Waals surface area contributed by atoms with Gasteiger partial charge in [0.05, 0.1) is 19.6 Å². The first-order valence-corrected chi connectivity index (χ1v) is 14.2. The quantitative estimate of drug-likeness (QED) is 0.100. The van der Waals surface area contributed by atoms with Crippen molar-refractivity contribution in [1.82, 2.24) is 30.2 Å². The maximum absolute atomic E-state index is 12.4. The molecule has 240 valence electrons. The zero-order chi connectivity index (χ0) is 31.5. The van der Waals surface area contributed by atoms with E-state index >= 15 is 0 Å². The van der Waals surface area contributed by atoms with E-state index in [9.17, 15) is 49.2 Å². The van der Waals surface area contributed by atoms with Crippen LogP contribution in [0.25, 0.3) is 0 Å². The van der Waals surface area contributed by atoms with Crippen LogP contribution in [0.5, 0.6) is 0 Å². The highest BCUT2D eigenvalue weighted by molar-refractivity contribution is 5.78. The first kappa shape index (κ1) is 36.7. The fraction of sp³-hybridized carbons (Fsp3) is 0.769. The third-order valence-electron chi connectivity index (χ3n) is 6.87. The standard InChI is InChI=1S/C26H46N6O10/c1-20(33)27-7-3-2-4-8-28-22(34)6-5-21(26(41)42)32-15-13-30(18-24(37)38)11-9-29(17-23(35)36)10-12-31(14-16-32)19-25(39)40/h21H,2-19H2,1H3,(H,27,33)(H,28,34)(H,35,36)(H,37,38)(H,39,40)(H,41,42). The molecule has 0 aromatic rings. The molecule has 6 N–H and O–H groups in total. The minimum Gasteiger partial charge on any atom is -0.480 e. The predicted octanol–water partition coefficient (Wildman–Crippen LogP) is -1.88. The van der Waals surface area contributed by atoms with Crippen molar-refractivity contribution in [3.63, 3.8) is 0 Å². The molecule has 0 aromatic carbocycles. The predicted molar refractivity (Wildman–Crippen MR) is 150 cm³/mol. The second kappa shape index (κ2) is 20.5. The van der Waals surface area contributed by atoms with E-state index in [1.807, 2.05) is 0 Å². The second-order valence-corrected chi connectivity index (χ2v) is 10.3. The number of carbonyl (C=O) groups is 6. The number of hydrogen-bond donors (Lipinski definition) is 6. The third-order valence-corrected chi connectivity index (χ3v) is 6.87. The van der Waals surface area contributed by atoms with E-state index in [1.165, 1.54) is 6.92 Å². The molecule has 1 aliphatic rings. The summed E-state index contributed by atoms with van der Waals surface area (Å²) in [7, 11) is 0. The Morgan fingerprint density at radius 3 is 1.40 bits per heavy atom. The zero-order valence-electron chi connectivity index (χ0n) is 24.3. The normalized spacial score (nSPS) is 17.4. The van der Waals surface area contributed by atoms with Gasteiger partial charge in [0.25, 0.3) is 0 Å². The highest BCUT2D eigenvalue weighted by Gasteiger charge is 2.28. The van der Waals surface area contributed by atoms with E-state index in [1.54, 1.807) is 19.6 Å². The Kier molecular flexibility index (Phi) is 17.9. The fourth-order valence-corrected chi connectivity index (χ4v) is 4.65. The van der Waals surface area contributed by atoms with Crippen molar-refractivity contribution in [2.24, 2.45) is 0 Å². The van der Waals surface area contributed by atoms with Crippen LogP contribution in [0.1, 0.15) is 39.0 Å². The number of carbonyl (C=O) groups excluding carboxylic acids is 2. The summed E-state index contributed by atoms with van der Waals surface area (Å²) in [6, 6.07) is -1.06. The molecule has 16 heteroatoms. The monoisotopic (exact) mass is 602 g/mol. The molecule has 1 unspecified atom stereocenters. The van der Waals surface area contributed by atoms with Gasteiger partial charge in [-0.05, 0) is 25.7 Å². The Labute approximate surface area is 245 Å². The molecule has 0 spiro atoms. The molecule has 1 atom stereocenters. The summed E-state index contributed by atoms with van der Waals surface area (Å²) in [5.74, 6) is -4.75. The molecule has 0 bridgehead atoms. The number of hydrogen-bond acceptors (Lipinski definition) is 10. The third kappa shape index (κ3) is 17.5. The molecule has 16 nitrogen and oxygen atoms in total. The van der Waals surface area contributed by atoms with Crippen LogP contribution in [0.15, 0.2) is 0 Å². The van der Waals surface area contributed by atoms with Crippen molar-refractivity contribution in [1.29, 1.82) is 0 Å². The molecule has 1 saturated heterocycles. The SMILES string of the molecule is CC(=O)NCCCCCNC(=O)CCC(C(=O)O)N1CCN(CC(=O)O)CCN(CC(=O)O)CCN(CC(=O)O)CC1. The summed E-state index contributed by atoms with van der Waals surface area (Å²) in [5, 5.41) is 43.5. The zero-order valence-corrected chi connectivity index (χ0v) is 24.3. The van der Waals surface area contributed by atoms with E-state index in [-0.39, 0.29) is 96.6 Å². The summed E-state index contributed by atoms with van der Waals surface area (Å²) >= 11 is 0. The second-order valence-electron chi connectivity index (χ2n) is 10.3. The Hall–Kier alpha value is -3.34. The number of nitrogens with one attached hydrogen (secondary N) is 2. The Balaban J connectivity index is 2.88. The molecule has 0 saturated carbocycles. The van der Waals surface area contributed by atoms with Crippen molar-refractivity contribution in [3.05, 3.63) is 0 Å². The van der Waals surface area contributed by atoms with Gasteiger partial charge >= 0.3 is 23.9 Å². The van der Waals surface area contributed by atoms with E-state index in [4.69, 9.17) is 0 Å². The number of rotatable bonds is 17. The topological polar surface area (TPSA) is 220 Å². The minimum absolute atomic E-state index is 0.00789. The molecule has 1 aliphatic heterocycles. The van der Waals surface area contributed by atoms with Gasteiger partial charge in [0, 0.05) is 78.8 Å². The van der Waals surface area contributed by atoms with Crippen molar-refractivity contribution >= 4 is 35.7 Å². The number of unbranched alkanes of at least 4 members (excludes halogenated alkanes) is 2.